The van der Waals surface area contributed by atoms with Gasteiger partial charge >= 0.3 is 5.97 Å². The minimum atomic E-state index is -0.292. The summed E-state index contributed by atoms with van der Waals surface area (Å²) in [4.78, 5) is 20.6. The zero-order valence-corrected chi connectivity index (χ0v) is 16.1. The van der Waals surface area contributed by atoms with Crippen LogP contribution >= 0.6 is 11.9 Å². The van der Waals surface area contributed by atoms with Crippen LogP contribution in [0.2, 0.25) is 0 Å². The van der Waals surface area contributed by atoms with Gasteiger partial charge in [0.05, 0.1) is 30.7 Å². The average molecular weight is 389 g/mol. The zero-order valence-electron chi connectivity index (χ0n) is 15.3. The summed E-state index contributed by atoms with van der Waals surface area (Å²) in [7, 11) is 0. The molecule has 1 aromatic heterocycles. The van der Waals surface area contributed by atoms with Crippen molar-refractivity contribution in [1.82, 2.24) is 19.8 Å². The lowest BCUT2D eigenvalue weighted by molar-refractivity contribution is -0.141. The van der Waals surface area contributed by atoms with Crippen molar-refractivity contribution in [2.24, 2.45) is 16.7 Å². The largest absolute Gasteiger partial charge is 0.465 e. The predicted molar refractivity (Wildman–Crippen MR) is 104 cm³/mol. The number of hydrazone groups is 1. The fourth-order valence-electron chi connectivity index (χ4n) is 1.98. The maximum absolute atomic E-state index is 11.3. The summed E-state index contributed by atoms with van der Waals surface area (Å²) in [5, 5.41) is 5.38. The van der Waals surface area contributed by atoms with E-state index in [4.69, 9.17) is 16.3 Å². The third-order valence-corrected chi connectivity index (χ3v) is 4.05. The van der Waals surface area contributed by atoms with Crippen LogP contribution in [0.15, 0.2) is 46.7 Å². The molecule has 9 nitrogen and oxygen atoms in total. The molecular weight excluding hydrogens is 366 g/mol. The molecule has 2 rings (SSSR count). The van der Waals surface area contributed by atoms with Crippen LogP contribution in [0.5, 0.6) is 0 Å². The van der Waals surface area contributed by atoms with E-state index in [1.165, 1.54) is 17.1 Å². The number of aromatic nitrogens is 2. The molecule has 10 heteroatoms. The Balaban J connectivity index is 1.88. The van der Waals surface area contributed by atoms with Gasteiger partial charge in [-0.1, -0.05) is 12.1 Å². The van der Waals surface area contributed by atoms with Crippen molar-refractivity contribution in [2.45, 2.75) is 25.3 Å². The molecule has 1 aromatic carbocycles. The van der Waals surface area contributed by atoms with E-state index in [1.807, 2.05) is 31.2 Å². The number of amidine groups is 1. The molecule has 144 valence electrons. The summed E-state index contributed by atoms with van der Waals surface area (Å²) in [5.74, 6) is 5.86. The van der Waals surface area contributed by atoms with Gasteiger partial charge < -0.3 is 10.5 Å². The number of ether oxygens (including phenoxy) is 1. The van der Waals surface area contributed by atoms with Gasteiger partial charge in [-0.2, -0.15) is 0 Å². The Morgan fingerprint density at radius 2 is 2.04 bits per heavy atom. The molecule has 0 spiro atoms. The number of nitrogens with one attached hydrogen (secondary N) is 1. The number of esters is 1. The van der Waals surface area contributed by atoms with Crippen LogP contribution in [0.4, 0.5) is 0 Å². The van der Waals surface area contributed by atoms with Crippen LogP contribution in [0.25, 0.3) is 0 Å². The molecular formula is C17H23N7O2S. The van der Waals surface area contributed by atoms with E-state index in [0.29, 0.717) is 18.8 Å². The quantitative estimate of drug-likeness (QED) is 0.143. The minimum Gasteiger partial charge on any atom is -0.465 e. The number of nitrogens with zero attached hydrogens (tertiary/aromatic N) is 4. The molecule has 0 aliphatic heterocycles. The minimum absolute atomic E-state index is 0.133. The Morgan fingerprint density at radius 3 is 2.67 bits per heavy atom. The number of hydrogen-bond donors (Lipinski definition) is 3. The summed E-state index contributed by atoms with van der Waals surface area (Å²) >= 11 is 1.33. The summed E-state index contributed by atoms with van der Waals surface area (Å²) in [6.45, 7) is 4.43. The molecule has 0 atom stereocenters. The fraction of sp³-hybridized carbons (Fsp3) is 0.294. The number of hydrogen-bond acceptors (Lipinski definition) is 9. The van der Waals surface area contributed by atoms with Crippen LogP contribution in [0.3, 0.4) is 0 Å². The van der Waals surface area contributed by atoms with Crippen molar-refractivity contribution in [3.8, 4) is 0 Å². The van der Waals surface area contributed by atoms with E-state index < -0.39 is 0 Å². The molecule has 5 N–H and O–H groups in total. The predicted octanol–water partition coefficient (Wildman–Crippen LogP) is 0.941. The number of carbonyl (C=O) groups excluding carboxylic acids is 1. The zero-order chi connectivity index (χ0) is 19.6. The number of nitrogens with two attached hydrogens (primary N) is 2. The van der Waals surface area contributed by atoms with Crippen molar-refractivity contribution in [3.05, 3.63) is 53.6 Å². The van der Waals surface area contributed by atoms with E-state index in [-0.39, 0.29) is 18.3 Å². The summed E-state index contributed by atoms with van der Waals surface area (Å²) in [6.07, 6.45) is 3.32. The SMILES string of the molecule is CCOC(=O)CNSc1ccc(/C(N)=N/N(N)Cc2cnc(C)cn2)cc1. The van der Waals surface area contributed by atoms with Crippen LogP contribution in [-0.4, -0.2) is 40.0 Å². The second kappa shape index (κ2) is 10.5. The molecule has 0 aliphatic rings. The first-order chi connectivity index (χ1) is 13.0. The molecule has 0 amide bonds. The maximum atomic E-state index is 11.3. The van der Waals surface area contributed by atoms with Crippen molar-refractivity contribution in [1.29, 1.82) is 0 Å². The second-order valence-corrected chi connectivity index (χ2v) is 6.45. The Bertz CT molecular complexity index is 766. The second-order valence-electron chi connectivity index (χ2n) is 5.48. The van der Waals surface area contributed by atoms with Crippen LogP contribution in [0.1, 0.15) is 23.9 Å². The van der Waals surface area contributed by atoms with Crippen molar-refractivity contribution >= 4 is 23.8 Å². The smallest absolute Gasteiger partial charge is 0.320 e. The summed E-state index contributed by atoms with van der Waals surface area (Å²) in [6, 6.07) is 7.39. The Morgan fingerprint density at radius 1 is 1.30 bits per heavy atom. The highest BCUT2D eigenvalue weighted by atomic mass is 32.2. The van der Waals surface area contributed by atoms with Gasteiger partial charge in [-0.25, -0.2) is 15.7 Å². The van der Waals surface area contributed by atoms with Crippen LogP contribution < -0.4 is 16.3 Å². The standard InChI is InChI=1S/C17H23N7O2S/c1-3-26-16(25)10-22-27-15-6-4-13(5-7-15)17(18)23-24(19)11-14-9-20-12(2)8-21-14/h4-9,22H,3,10-11,19H2,1-2H3,(H2,18,23). The number of hydrazine groups is 1. The van der Waals surface area contributed by atoms with Crippen LogP contribution in [-0.2, 0) is 16.1 Å². The van der Waals surface area contributed by atoms with E-state index >= 15 is 0 Å². The monoisotopic (exact) mass is 389 g/mol. The van der Waals surface area contributed by atoms with Gasteiger partial charge in [0.2, 0.25) is 0 Å². The first-order valence-electron chi connectivity index (χ1n) is 8.27. The molecule has 0 saturated heterocycles. The summed E-state index contributed by atoms with van der Waals surface area (Å²) < 4.78 is 7.78. The van der Waals surface area contributed by atoms with E-state index in [9.17, 15) is 4.79 Å². The fourth-order valence-corrected chi connectivity index (χ4v) is 2.61. The van der Waals surface area contributed by atoms with Gasteiger partial charge in [0.25, 0.3) is 0 Å². The molecule has 0 radical (unpaired) electrons. The van der Waals surface area contributed by atoms with Crippen molar-refractivity contribution in [2.75, 3.05) is 13.2 Å². The lowest BCUT2D eigenvalue weighted by Gasteiger charge is -2.13. The van der Waals surface area contributed by atoms with E-state index in [2.05, 4.69) is 19.8 Å². The highest BCUT2D eigenvalue weighted by molar-refractivity contribution is 7.97. The Labute approximate surface area is 162 Å². The number of aryl methyl sites for hydroxylation is 1. The first-order valence-corrected chi connectivity index (χ1v) is 9.09. The molecule has 0 saturated carbocycles. The maximum Gasteiger partial charge on any atom is 0.320 e. The molecule has 0 unspecified atom stereocenters. The topological polar surface area (TPSA) is 132 Å². The highest BCUT2D eigenvalue weighted by Gasteiger charge is 2.05. The van der Waals surface area contributed by atoms with Gasteiger partial charge in [-0.05, 0) is 37.9 Å². The Hall–Kier alpha value is -2.69. The van der Waals surface area contributed by atoms with Gasteiger partial charge in [-0.3, -0.25) is 14.8 Å². The number of rotatable bonds is 9. The lowest BCUT2D eigenvalue weighted by atomic mass is 10.2. The van der Waals surface area contributed by atoms with Gasteiger partial charge in [-0.15, -0.1) is 5.10 Å². The first kappa shape index (κ1) is 20.6. The molecule has 0 aliphatic carbocycles. The van der Waals surface area contributed by atoms with Crippen LogP contribution in [0, 0.1) is 6.92 Å². The van der Waals surface area contributed by atoms with E-state index in [1.54, 1.807) is 19.3 Å². The molecule has 0 fully saturated rings. The molecule has 27 heavy (non-hydrogen) atoms. The Kier molecular flexibility index (Phi) is 7.99. The number of carbonyl (C=O) groups is 1. The third kappa shape index (κ3) is 7.21. The van der Waals surface area contributed by atoms with Crippen molar-refractivity contribution < 1.29 is 9.53 Å². The van der Waals surface area contributed by atoms with Gasteiger partial charge in [0.15, 0.2) is 5.84 Å². The lowest BCUT2D eigenvalue weighted by Crippen LogP contribution is -2.29. The van der Waals surface area contributed by atoms with Gasteiger partial charge in [0, 0.05) is 16.7 Å². The average Bonchev–Trinajstić information content (AvgIpc) is 2.64. The van der Waals surface area contributed by atoms with Gasteiger partial charge in [0.1, 0.15) is 6.54 Å². The van der Waals surface area contributed by atoms with Crippen molar-refractivity contribution in [3.63, 3.8) is 0 Å². The normalized spacial score (nSPS) is 11.3. The van der Waals surface area contributed by atoms with E-state index in [0.717, 1.165) is 16.2 Å². The summed E-state index contributed by atoms with van der Waals surface area (Å²) in [5.41, 5.74) is 8.26. The molecule has 2 aromatic rings. The number of benzene rings is 1. The molecule has 0 bridgehead atoms. The molecule has 1 heterocycles. The highest BCUT2D eigenvalue weighted by Crippen LogP contribution is 2.15. The third-order valence-electron chi connectivity index (χ3n) is 3.26.